The van der Waals surface area contributed by atoms with Gasteiger partial charge in [-0.2, -0.15) is 0 Å². The van der Waals surface area contributed by atoms with Crippen LogP contribution in [0.3, 0.4) is 0 Å². The van der Waals surface area contributed by atoms with E-state index in [1.165, 1.54) is 16.7 Å². The molecule has 7 heteroatoms. The van der Waals surface area contributed by atoms with Crippen molar-refractivity contribution in [3.05, 3.63) is 65.0 Å². The van der Waals surface area contributed by atoms with E-state index < -0.39 is 6.17 Å². The van der Waals surface area contributed by atoms with Crippen molar-refractivity contribution < 1.29 is 9.18 Å². The van der Waals surface area contributed by atoms with Crippen molar-refractivity contribution in [2.45, 2.75) is 89.1 Å². The maximum absolute atomic E-state index is 13.9. The number of halogens is 1. The van der Waals surface area contributed by atoms with Crippen molar-refractivity contribution in [3.8, 4) is 0 Å². The summed E-state index contributed by atoms with van der Waals surface area (Å²) >= 11 is 0. The van der Waals surface area contributed by atoms with Gasteiger partial charge in [-0.3, -0.25) is 9.78 Å². The molecular weight excluding hydrogens is 453 g/mol. The zero-order chi connectivity index (χ0) is 25.2. The van der Waals surface area contributed by atoms with E-state index in [1.54, 1.807) is 6.20 Å². The van der Waals surface area contributed by atoms with Crippen molar-refractivity contribution in [1.82, 2.24) is 26.3 Å². The largest absolute Gasteiger partial charge is 0.351 e. The highest BCUT2D eigenvalue weighted by Crippen LogP contribution is 2.34. The third-order valence-electron chi connectivity index (χ3n) is 7.66. The molecule has 4 rings (SSSR count). The number of hydrogen-bond donors (Lipinski definition) is 4. The highest BCUT2D eigenvalue weighted by Gasteiger charge is 2.25. The van der Waals surface area contributed by atoms with Crippen molar-refractivity contribution in [2.24, 2.45) is 0 Å². The number of carbonyl (C=O) groups excluding carboxylic acids is 1. The lowest BCUT2D eigenvalue weighted by Crippen LogP contribution is -2.41. The molecule has 1 heterocycles. The van der Waals surface area contributed by atoms with Gasteiger partial charge in [-0.25, -0.2) is 4.39 Å². The molecule has 2 unspecified atom stereocenters. The Bertz CT molecular complexity index is 956. The Labute approximate surface area is 215 Å². The Hall–Kier alpha value is -2.35. The normalized spacial score (nSPS) is 22.2. The Balaban J connectivity index is 1.16. The van der Waals surface area contributed by atoms with Gasteiger partial charge >= 0.3 is 0 Å². The van der Waals surface area contributed by atoms with E-state index in [0.29, 0.717) is 25.4 Å². The molecule has 2 aromatic rings. The molecule has 0 bridgehead atoms. The van der Waals surface area contributed by atoms with E-state index in [1.807, 2.05) is 25.1 Å². The second-order valence-corrected chi connectivity index (χ2v) is 10.3. The van der Waals surface area contributed by atoms with Crippen LogP contribution in [0, 0.1) is 0 Å². The van der Waals surface area contributed by atoms with Gasteiger partial charge in [-0.1, -0.05) is 37.1 Å². The fourth-order valence-electron chi connectivity index (χ4n) is 5.47. The number of aromatic nitrogens is 1. The molecule has 1 aromatic heterocycles. The van der Waals surface area contributed by atoms with E-state index in [-0.39, 0.29) is 18.0 Å². The van der Waals surface area contributed by atoms with Crippen molar-refractivity contribution in [2.75, 3.05) is 19.6 Å². The van der Waals surface area contributed by atoms with Crippen LogP contribution in [0.4, 0.5) is 4.39 Å². The second-order valence-electron chi connectivity index (χ2n) is 10.3. The Morgan fingerprint density at radius 3 is 2.81 bits per heavy atom. The number of rotatable bonds is 13. The van der Waals surface area contributed by atoms with E-state index >= 15 is 0 Å². The molecule has 4 N–H and O–H groups in total. The van der Waals surface area contributed by atoms with E-state index in [9.17, 15) is 9.18 Å². The number of hydrogen-bond acceptors (Lipinski definition) is 5. The summed E-state index contributed by atoms with van der Waals surface area (Å²) in [7, 11) is 0. The van der Waals surface area contributed by atoms with Crippen LogP contribution in [-0.2, 0) is 24.3 Å². The monoisotopic (exact) mass is 495 g/mol. The first-order valence-electron chi connectivity index (χ1n) is 13.7. The van der Waals surface area contributed by atoms with Crippen LogP contribution in [0.15, 0.2) is 42.6 Å². The first kappa shape index (κ1) is 26.7. The molecule has 196 valence electrons. The third kappa shape index (κ3) is 7.58. The van der Waals surface area contributed by atoms with Gasteiger partial charge in [0, 0.05) is 31.9 Å². The number of nitrogens with zero attached hydrogens (tertiary/aromatic N) is 1. The van der Waals surface area contributed by atoms with Crippen LogP contribution in [0.1, 0.15) is 73.8 Å². The van der Waals surface area contributed by atoms with E-state index in [0.717, 1.165) is 63.9 Å². The molecule has 0 spiro atoms. The first-order chi connectivity index (χ1) is 17.6. The number of fused-ring (bicyclic) bond motifs is 1. The van der Waals surface area contributed by atoms with Gasteiger partial charge in [0.1, 0.15) is 6.17 Å². The molecule has 0 aliphatic heterocycles. The minimum Gasteiger partial charge on any atom is -0.351 e. The average molecular weight is 496 g/mol. The van der Waals surface area contributed by atoms with Gasteiger partial charge in [-0.15, -0.1) is 0 Å². The number of amides is 1. The standard InChI is InChI=1S/C29H42FN5O/c1-21(34-20-24-9-4-5-16-32-24)29(36)35-19-22-8-6-10-25-23(13-14-26(22)25)18-31-15-7-17-33-28-12-3-2-11-27(28)30/h4-6,8-10,16,21,23,27-28,31,33-34H,2-3,7,11-15,17-20H2,1H3,(H,35,36)/t21-,23?,27+,28?/m0/s1. The molecule has 1 fully saturated rings. The van der Waals surface area contributed by atoms with Crippen LogP contribution in [0.2, 0.25) is 0 Å². The summed E-state index contributed by atoms with van der Waals surface area (Å²) in [5.41, 5.74) is 4.95. The van der Waals surface area contributed by atoms with E-state index in [4.69, 9.17) is 0 Å². The van der Waals surface area contributed by atoms with Gasteiger partial charge in [-0.05, 0) is 86.9 Å². The second kappa shape index (κ2) is 13.8. The minimum atomic E-state index is -0.674. The molecular formula is C29H42FN5O. The van der Waals surface area contributed by atoms with Gasteiger partial charge in [0.15, 0.2) is 0 Å². The number of nitrogens with one attached hydrogen (secondary N) is 4. The summed E-state index contributed by atoms with van der Waals surface area (Å²) in [5.74, 6) is 0.511. The SMILES string of the molecule is C[C@H](NCc1ccccn1)C(=O)NCc1cccc2c1CCC2CNCCCNC1CCCC[C@H]1F. The summed E-state index contributed by atoms with van der Waals surface area (Å²) < 4.78 is 13.9. The Morgan fingerprint density at radius 1 is 1.08 bits per heavy atom. The third-order valence-corrected chi connectivity index (χ3v) is 7.66. The number of carbonyl (C=O) groups is 1. The zero-order valence-electron chi connectivity index (χ0n) is 21.6. The lowest BCUT2D eigenvalue weighted by atomic mass is 9.93. The highest BCUT2D eigenvalue weighted by atomic mass is 19.1. The first-order valence-corrected chi connectivity index (χ1v) is 13.7. The molecule has 1 aromatic carbocycles. The predicted octanol–water partition coefficient (Wildman–Crippen LogP) is 3.76. The van der Waals surface area contributed by atoms with E-state index in [2.05, 4.69) is 44.5 Å². The minimum absolute atomic E-state index is 0.000616. The smallest absolute Gasteiger partial charge is 0.237 e. The number of benzene rings is 1. The lowest BCUT2D eigenvalue weighted by Gasteiger charge is -2.26. The predicted molar refractivity (Wildman–Crippen MR) is 143 cm³/mol. The molecule has 4 atom stereocenters. The van der Waals surface area contributed by atoms with Crippen LogP contribution in [-0.4, -0.2) is 48.8 Å². The van der Waals surface area contributed by atoms with Crippen molar-refractivity contribution >= 4 is 5.91 Å². The zero-order valence-corrected chi connectivity index (χ0v) is 21.6. The average Bonchev–Trinajstić information content (AvgIpc) is 3.33. The van der Waals surface area contributed by atoms with Crippen molar-refractivity contribution in [3.63, 3.8) is 0 Å². The fourth-order valence-corrected chi connectivity index (χ4v) is 5.47. The number of alkyl halides is 1. The maximum Gasteiger partial charge on any atom is 0.237 e. The summed E-state index contributed by atoms with van der Waals surface area (Å²) in [6, 6.07) is 12.0. The molecule has 36 heavy (non-hydrogen) atoms. The molecule has 0 saturated heterocycles. The molecule has 1 amide bonds. The Morgan fingerprint density at radius 2 is 1.97 bits per heavy atom. The Kier molecular flexibility index (Phi) is 10.3. The topological polar surface area (TPSA) is 78.1 Å². The molecule has 0 radical (unpaired) electrons. The molecule has 2 aliphatic carbocycles. The van der Waals surface area contributed by atoms with Crippen LogP contribution < -0.4 is 21.3 Å². The van der Waals surface area contributed by atoms with Gasteiger partial charge in [0.05, 0.1) is 11.7 Å². The fraction of sp³-hybridized carbons (Fsp3) is 0.586. The summed E-state index contributed by atoms with van der Waals surface area (Å²) in [6.45, 7) is 5.79. The summed E-state index contributed by atoms with van der Waals surface area (Å²) in [4.78, 5) is 16.9. The molecule has 2 aliphatic rings. The highest BCUT2D eigenvalue weighted by molar-refractivity contribution is 5.81. The van der Waals surface area contributed by atoms with Gasteiger partial charge < -0.3 is 21.3 Å². The lowest BCUT2D eigenvalue weighted by molar-refractivity contribution is -0.122. The molecule has 6 nitrogen and oxygen atoms in total. The van der Waals surface area contributed by atoms with Crippen LogP contribution in [0.25, 0.3) is 0 Å². The summed E-state index contributed by atoms with van der Waals surface area (Å²) in [6.07, 6.45) is 8.15. The quantitative estimate of drug-likeness (QED) is 0.318. The number of pyridine rings is 1. The van der Waals surface area contributed by atoms with Gasteiger partial charge in [0.25, 0.3) is 0 Å². The summed E-state index contributed by atoms with van der Waals surface area (Å²) in [5, 5.41) is 13.4. The van der Waals surface area contributed by atoms with Crippen LogP contribution in [0.5, 0.6) is 0 Å². The van der Waals surface area contributed by atoms with Crippen LogP contribution >= 0.6 is 0 Å². The molecule has 1 saturated carbocycles. The van der Waals surface area contributed by atoms with Crippen molar-refractivity contribution in [1.29, 1.82) is 0 Å². The maximum atomic E-state index is 13.9. The van der Waals surface area contributed by atoms with Gasteiger partial charge in [0.2, 0.25) is 5.91 Å².